The molecule has 0 heterocycles. The second-order valence-electron chi connectivity index (χ2n) is 4.31. The summed E-state index contributed by atoms with van der Waals surface area (Å²) in [5.41, 5.74) is 3.07. The van der Waals surface area contributed by atoms with Crippen molar-refractivity contribution in [3.05, 3.63) is 70.8 Å². The van der Waals surface area contributed by atoms with Crippen molar-refractivity contribution in [1.29, 1.82) is 5.26 Å². The molecule has 0 radical (unpaired) electrons. The number of rotatable bonds is 5. The molecule has 3 nitrogen and oxygen atoms in total. The third kappa shape index (κ3) is 3.87. The van der Waals surface area contributed by atoms with Gasteiger partial charge in [0.05, 0.1) is 17.2 Å². The van der Waals surface area contributed by atoms with E-state index in [2.05, 4.69) is 6.07 Å². The normalized spacial score (nSPS) is 9.95. The molecule has 2 aromatic rings. The highest BCUT2D eigenvalue weighted by molar-refractivity contribution is 7.97. The molecule has 20 heavy (non-hydrogen) atoms. The molecule has 0 aliphatic carbocycles. The molecule has 0 aromatic heterocycles. The monoisotopic (exact) mass is 283 g/mol. The van der Waals surface area contributed by atoms with Gasteiger partial charge in [-0.25, -0.2) is 4.79 Å². The van der Waals surface area contributed by atoms with E-state index in [9.17, 15) is 4.79 Å². The van der Waals surface area contributed by atoms with Crippen molar-refractivity contribution in [2.45, 2.75) is 11.5 Å². The van der Waals surface area contributed by atoms with Gasteiger partial charge >= 0.3 is 5.97 Å². The van der Waals surface area contributed by atoms with E-state index in [4.69, 9.17) is 10.4 Å². The van der Waals surface area contributed by atoms with Crippen molar-refractivity contribution in [3.63, 3.8) is 0 Å². The molecule has 0 saturated carbocycles. The van der Waals surface area contributed by atoms with Crippen LogP contribution in [0.25, 0.3) is 0 Å². The van der Waals surface area contributed by atoms with Gasteiger partial charge in [0.15, 0.2) is 0 Å². The molecule has 0 amide bonds. The summed E-state index contributed by atoms with van der Waals surface area (Å²) in [4.78, 5) is 10.9. The lowest BCUT2D eigenvalue weighted by atomic mass is 10.1. The lowest BCUT2D eigenvalue weighted by Gasteiger charge is -2.04. The quantitative estimate of drug-likeness (QED) is 0.909. The minimum absolute atomic E-state index is 0.314. The smallest absolute Gasteiger partial charge is 0.335 e. The molecule has 4 heteroatoms. The molecule has 0 aliphatic heterocycles. The maximum Gasteiger partial charge on any atom is 0.335 e. The Bertz CT molecular complexity index is 662. The van der Waals surface area contributed by atoms with Gasteiger partial charge < -0.3 is 5.11 Å². The summed E-state index contributed by atoms with van der Waals surface area (Å²) in [5, 5.41) is 17.8. The van der Waals surface area contributed by atoms with Crippen LogP contribution in [0.1, 0.15) is 27.0 Å². The Labute approximate surface area is 121 Å². The standard InChI is InChI=1S/C16H13NO2S/c17-9-12-3-1-4-13(7-12)10-20-11-14-5-2-6-15(8-14)16(18)19/h1-8H,10-11H2,(H,18,19). The highest BCUT2D eigenvalue weighted by Gasteiger charge is 2.03. The Hall–Kier alpha value is -2.25. The van der Waals surface area contributed by atoms with E-state index in [0.717, 1.165) is 22.6 Å². The SMILES string of the molecule is N#Cc1cccc(CSCc2cccc(C(=O)O)c2)c1. The first-order valence-corrected chi connectivity index (χ1v) is 7.23. The van der Waals surface area contributed by atoms with Crippen molar-refractivity contribution >= 4 is 17.7 Å². The largest absolute Gasteiger partial charge is 0.478 e. The zero-order valence-corrected chi connectivity index (χ0v) is 11.6. The van der Waals surface area contributed by atoms with Gasteiger partial charge in [0, 0.05) is 11.5 Å². The Kier molecular flexibility index (Phi) is 4.80. The van der Waals surface area contributed by atoms with Crippen LogP contribution in [-0.4, -0.2) is 11.1 Å². The van der Waals surface area contributed by atoms with Crippen molar-refractivity contribution < 1.29 is 9.90 Å². The van der Waals surface area contributed by atoms with Crippen molar-refractivity contribution in [1.82, 2.24) is 0 Å². The molecule has 2 aromatic carbocycles. The van der Waals surface area contributed by atoms with Crippen LogP contribution in [0.3, 0.4) is 0 Å². The summed E-state index contributed by atoms with van der Waals surface area (Å²) >= 11 is 1.70. The zero-order chi connectivity index (χ0) is 14.4. The molecule has 100 valence electrons. The molecule has 0 saturated heterocycles. The van der Waals surface area contributed by atoms with E-state index in [1.807, 2.05) is 24.3 Å². The van der Waals surface area contributed by atoms with Gasteiger partial charge in [-0.1, -0.05) is 24.3 Å². The lowest BCUT2D eigenvalue weighted by molar-refractivity contribution is 0.0697. The van der Waals surface area contributed by atoms with Crippen LogP contribution in [0.15, 0.2) is 48.5 Å². The fraction of sp³-hybridized carbons (Fsp3) is 0.125. The fourth-order valence-corrected chi connectivity index (χ4v) is 2.74. The predicted octanol–water partition coefficient (Wildman–Crippen LogP) is 3.69. The third-order valence-electron chi connectivity index (χ3n) is 2.77. The van der Waals surface area contributed by atoms with Crippen LogP contribution in [0.4, 0.5) is 0 Å². The second-order valence-corrected chi connectivity index (χ2v) is 5.30. The summed E-state index contributed by atoms with van der Waals surface area (Å²) in [7, 11) is 0. The summed E-state index contributed by atoms with van der Waals surface area (Å²) in [6.07, 6.45) is 0. The number of benzene rings is 2. The van der Waals surface area contributed by atoms with Crippen LogP contribution in [0.5, 0.6) is 0 Å². The number of hydrogen-bond donors (Lipinski definition) is 1. The number of aromatic carboxylic acids is 1. The lowest BCUT2D eigenvalue weighted by Crippen LogP contribution is -1.96. The van der Waals surface area contributed by atoms with Crippen molar-refractivity contribution in [2.24, 2.45) is 0 Å². The first kappa shape index (κ1) is 14.2. The topological polar surface area (TPSA) is 61.1 Å². The molecule has 0 aliphatic rings. The minimum atomic E-state index is -0.904. The number of carboxylic acid groups (broad SMARTS) is 1. The van der Waals surface area contributed by atoms with Gasteiger partial charge in [0.2, 0.25) is 0 Å². The van der Waals surface area contributed by atoms with Gasteiger partial charge in [-0.2, -0.15) is 17.0 Å². The van der Waals surface area contributed by atoms with Gasteiger partial charge in [0.25, 0.3) is 0 Å². The Morgan fingerprint density at radius 1 is 1.10 bits per heavy atom. The summed E-state index contributed by atoms with van der Waals surface area (Å²) < 4.78 is 0. The Morgan fingerprint density at radius 3 is 2.40 bits per heavy atom. The van der Waals surface area contributed by atoms with E-state index >= 15 is 0 Å². The predicted molar refractivity (Wildman–Crippen MR) is 79.6 cm³/mol. The first-order valence-electron chi connectivity index (χ1n) is 6.08. The Morgan fingerprint density at radius 2 is 1.75 bits per heavy atom. The van der Waals surface area contributed by atoms with Gasteiger partial charge in [0.1, 0.15) is 0 Å². The van der Waals surface area contributed by atoms with Gasteiger partial charge in [-0.15, -0.1) is 0 Å². The van der Waals surface area contributed by atoms with Crippen LogP contribution in [0, 0.1) is 11.3 Å². The van der Waals surface area contributed by atoms with E-state index < -0.39 is 5.97 Å². The maximum absolute atomic E-state index is 10.9. The average molecular weight is 283 g/mol. The van der Waals surface area contributed by atoms with Gasteiger partial charge in [-0.05, 0) is 35.4 Å². The van der Waals surface area contributed by atoms with E-state index in [1.54, 1.807) is 36.0 Å². The van der Waals surface area contributed by atoms with Crippen molar-refractivity contribution in [3.8, 4) is 6.07 Å². The molecular formula is C16H13NO2S. The second kappa shape index (κ2) is 6.78. The summed E-state index contributed by atoms with van der Waals surface area (Å²) in [6, 6.07) is 16.6. The Balaban J connectivity index is 1.94. The highest BCUT2D eigenvalue weighted by atomic mass is 32.2. The van der Waals surface area contributed by atoms with E-state index in [0.29, 0.717) is 11.1 Å². The molecule has 1 N–H and O–H groups in total. The van der Waals surface area contributed by atoms with Crippen LogP contribution >= 0.6 is 11.8 Å². The molecule has 0 fully saturated rings. The van der Waals surface area contributed by atoms with E-state index in [1.165, 1.54) is 0 Å². The number of hydrogen-bond acceptors (Lipinski definition) is 3. The number of nitriles is 1. The number of thioether (sulfide) groups is 1. The van der Waals surface area contributed by atoms with E-state index in [-0.39, 0.29) is 0 Å². The first-order chi connectivity index (χ1) is 9.69. The number of carbonyl (C=O) groups is 1. The highest BCUT2D eigenvalue weighted by Crippen LogP contribution is 2.19. The van der Waals surface area contributed by atoms with Gasteiger partial charge in [-0.3, -0.25) is 0 Å². The molecule has 0 bridgehead atoms. The molecule has 0 atom stereocenters. The zero-order valence-electron chi connectivity index (χ0n) is 10.7. The molecule has 2 rings (SSSR count). The van der Waals surface area contributed by atoms with Crippen molar-refractivity contribution in [2.75, 3.05) is 0 Å². The molecular weight excluding hydrogens is 270 g/mol. The van der Waals surface area contributed by atoms with Crippen LogP contribution < -0.4 is 0 Å². The van der Waals surface area contributed by atoms with Crippen LogP contribution in [0.2, 0.25) is 0 Å². The number of nitrogens with zero attached hydrogens (tertiary/aromatic N) is 1. The van der Waals surface area contributed by atoms with Crippen LogP contribution in [-0.2, 0) is 11.5 Å². The number of carboxylic acids is 1. The average Bonchev–Trinajstić information content (AvgIpc) is 2.48. The minimum Gasteiger partial charge on any atom is -0.478 e. The third-order valence-corrected chi connectivity index (χ3v) is 3.84. The molecule has 0 unspecified atom stereocenters. The summed E-state index contributed by atoms with van der Waals surface area (Å²) in [6.45, 7) is 0. The molecule has 0 spiro atoms. The maximum atomic E-state index is 10.9. The summed E-state index contributed by atoms with van der Waals surface area (Å²) in [5.74, 6) is 0.642. The fourth-order valence-electron chi connectivity index (χ4n) is 1.81.